The van der Waals surface area contributed by atoms with Crippen molar-refractivity contribution in [1.29, 1.82) is 0 Å². The van der Waals surface area contributed by atoms with E-state index in [0.717, 1.165) is 43.4 Å². The predicted molar refractivity (Wildman–Crippen MR) is 117 cm³/mol. The third kappa shape index (κ3) is 2.35. The molecular weight excluding hydrogens is 376 g/mol. The maximum atomic E-state index is 12.7. The van der Waals surface area contributed by atoms with Crippen molar-refractivity contribution in [2.24, 2.45) is 41.5 Å². The molecule has 4 aliphatic rings. The molecule has 0 saturated heterocycles. The fourth-order valence-corrected chi connectivity index (χ4v) is 9.05. The minimum Gasteiger partial charge on any atom is -0.299 e. The van der Waals surface area contributed by atoms with Crippen molar-refractivity contribution in [3.8, 4) is 10.6 Å². The Morgan fingerprint density at radius 3 is 2.83 bits per heavy atom. The standard InChI is InChI=1S/C25H32N2OS/c1-24-11-10-19-16(18(24)8-9-22(24)28)7-6-15-13-20-17(14-25(15,19)2)23(27(3)26-20)21-5-4-12-29-21/h4-5,12,15-16,18-19H,6-11,13-14H2,1-3H3/t15-,16-,18-,19-,24-,25-/m0/s1. The van der Waals surface area contributed by atoms with Gasteiger partial charge in [-0.2, -0.15) is 5.10 Å². The van der Waals surface area contributed by atoms with E-state index >= 15 is 0 Å². The van der Waals surface area contributed by atoms with Crippen molar-refractivity contribution in [3.63, 3.8) is 0 Å². The molecule has 29 heavy (non-hydrogen) atoms. The smallest absolute Gasteiger partial charge is 0.139 e. The molecule has 0 aliphatic heterocycles. The molecule has 6 atom stereocenters. The summed E-state index contributed by atoms with van der Waals surface area (Å²) in [5.74, 6) is 3.48. The van der Waals surface area contributed by atoms with E-state index in [1.54, 1.807) is 0 Å². The van der Waals surface area contributed by atoms with Gasteiger partial charge in [0.05, 0.1) is 16.3 Å². The number of aromatic nitrogens is 2. The first kappa shape index (κ1) is 18.4. The number of hydrogen-bond acceptors (Lipinski definition) is 3. The third-order valence-corrected chi connectivity index (χ3v) is 10.6. The van der Waals surface area contributed by atoms with E-state index in [-0.39, 0.29) is 5.41 Å². The zero-order chi connectivity index (χ0) is 20.0. The molecular formula is C25H32N2OS. The summed E-state index contributed by atoms with van der Waals surface area (Å²) in [4.78, 5) is 14.1. The molecule has 0 N–H and O–H groups in total. The Hall–Kier alpha value is -1.42. The first-order valence-corrected chi connectivity index (χ1v) is 12.4. The summed E-state index contributed by atoms with van der Waals surface area (Å²) in [7, 11) is 2.12. The summed E-state index contributed by atoms with van der Waals surface area (Å²) in [5.41, 5.74) is 4.57. The van der Waals surface area contributed by atoms with Gasteiger partial charge in [0, 0.05) is 24.4 Å². The lowest BCUT2D eigenvalue weighted by atomic mass is 9.45. The first-order valence-electron chi connectivity index (χ1n) is 11.5. The van der Waals surface area contributed by atoms with Gasteiger partial charge in [-0.25, -0.2) is 0 Å². The van der Waals surface area contributed by atoms with Crippen LogP contribution in [0, 0.1) is 34.5 Å². The predicted octanol–water partition coefficient (Wildman–Crippen LogP) is 5.68. The molecule has 4 heteroatoms. The molecule has 2 aromatic heterocycles. The summed E-state index contributed by atoms with van der Waals surface area (Å²) in [6, 6.07) is 4.40. The zero-order valence-corrected chi connectivity index (χ0v) is 18.7. The van der Waals surface area contributed by atoms with Crippen LogP contribution in [0.3, 0.4) is 0 Å². The number of carbonyl (C=O) groups excluding carboxylic acids is 1. The summed E-state index contributed by atoms with van der Waals surface area (Å²) in [6.07, 6.45) is 9.33. The number of hydrogen-bond donors (Lipinski definition) is 0. The molecule has 0 bridgehead atoms. The number of nitrogens with zero attached hydrogens (tertiary/aromatic N) is 2. The average Bonchev–Trinajstić information content (AvgIpc) is 3.38. The molecule has 4 aliphatic carbocycles. The van der Waals surface area contributed by atoms with Crippen LogP contribution in [-0.4, -0.2) is 15.6 Å². The van der Waals surface area contributed by atoms with Gasteiger partial charge in [-0.3, -0.25) is 9.48 Å². The fourth-order valence-electron chi connectivity index (χ4n) is 8.23. The van der Waals surface area contributed by atoms with Crippen LogP contribution in [0.4, 0.5) is 0 Å². The Kier molecular flexibility index (Phi) is 3.83. The lowest BCUT2D eigenvalue weighted by Crippen LogP contribution is -2.54. The molecule has 3 nitrogen and oxygen atoms in total. The van der Waals surface area contributed by atoms with Gasteiger partial charge in [-0.05, 0) is 85.5 Å². The molecule has 3 saturated carbocycles. The summed E-state index contributed by atoms with van der Waals surface area (Å²) < 4.78 is 2.14. The van der Waals surface area contributed by atoms with Gasteiger partial charge < -0.3 is 0 Å². The summed E-state index contributed by atoms with van der Waals surface area (Å²) in [6.45, 7) is 4.90. The Balaban J connectivity index is 1.40. The molecule has 0 spiro atoms. The highest BCUT2D eigenvalue weighted by Gasteiger charge is 2.60. The van der Waals surface area contributed by atoms with Crippen LogP contribution in [0.25, 0.3) is 10.6 Å². The second-order valence-corrected chi connectivity index (χ2v) is 11.8. The van der Waals surface area contributed by atoms with E-state index < -0.39 is 0 Å². The van der Waals surface area contributed by atoms with Crippen molar-refractivity contribution >= 4 is 17.1 Å². The topological polar surface area (TPSA) is 34.9 Å². The minimum atomic E-state index is -0.0133. The monoisotopic (exact) mass is 408 g/mol. The Bertz CT molecular complexity index is 975. The average molecular weight is 409 g/mol. The van der Waals surface area contributed by atoms with Crippen LogP contribution in [0.15, 0.2) is 17.5 Å². The van der Waals surface area contributed by atoms with Gasteiger partial charge in [0.2, 0.25) is 0 Å². The highest BCUT2D eigenvalue weighted by atomic mass is 32.1. The van der Waals surface area contributed by atoms with Crippen LogP contribution < -0.4 is 0 Å². The lowest BCUT2D eigenvalue weighted by Gasteiger charge is -2.59. The number of thiophene rings is 1. The van der Waals surface area contributed by atoms with E-state index in [0.29, 0.717) is 17.1 Å². The van der Waals surface area contributed by atoms with Crippen LogP contribution in [0.1, 0.15) is 63.6 Å². The third-order valence-electron chi connectivity index (χ3n) is 9.75. The van der Waals surface area contributed by atoms with Gasteiger partial charge in [-0.1, -0.05) is 19.9 Å². The van der Waals surface area contributed by atoms with E-state index in [2.05, 4.69) is 43.1 Å². The molecule has 2 heterocycles. The number of rotatable bonds is 1. The molecule has 0 unspecified atom stereocenters. The van der Waals surface area contributed by atoms with Crippen LogP contribution in [0.5, 0.6) is 0 Å². The van der Waals surface area contributed by atoms with Gasteiger partial charge in [0.15, 0.2) is 0 Å². The summed E-state index contributed by atoms with van der Waals surface area (Å²) >= 11 is 1.83. The molecule has 0 amide bonds. The molecule has 0 aromatic carbocycles. The van der Waals surface area contributed by atoms with E-state index in [1.165, 1.54) is 47.5 Å². The molecule has 3 fully saturated rings. The van der Waals surface area contributed by atoms with Crippen LogP contribution in [0.2, 0.25) is 0 Å². The van der Waals surface area contributed by atoms with Gasteiger partial charge in [0.1, 0.15) is 5.78 Å². The molecule has 2 aromatic rings. The van der Waals surface area contributed by atoms with Crippen LogP contribution in [-0.2, 0) is 24.7 Å². The van der Waals surface area contributed by atoms with Gasteiger partial charge in [-0.15, -0.1) is 11.3 Å². The number of Topliss-reactive ketones (excluding diaryl/α,β-unsaturated/α-hetero) is 1. The lowest BCUT2D eigenvalue weighted by molar-refractivity contribution is -0.136. The fraction of sp³-hybridized carbons (Fsp3) is 0.680. The largest absolute Gasteiger partial charge is 0.299 e. The quantitative estimate of drug-likeness (QED) is 0.609. The maximum absolute atomic E-state index is 12.7. The van der Waals surface area contributed by atoms with Gasteiger partial charge in [0.25, 0.3) is 0 Å². The number of aryl methyl sites for hydroxylation is 1. The van der Waals surface area contributed by atoms with Crippen molar-refractivity contribution in [2.75, 3.05) is 0 Å². The Morgan fingerprint density at radius 1 is 1.17 bits per heavy atom. The second-order valence-electron chi connectivity index (χ2n) is 10.8. The first-order chi connectivity index (χ1) is 13.9. The molecule has 6 rings (SSSR count). The van der Waals surface area contributed by atoms with Crippen molar-refractivity contribution in [1.82, 2.24) is 9.78 Å². The van der Waals surface area contributed by atoms with Crippen molar-refractivity contribution < 1.29 is 4.79 Å². The second kappa shape index (κ2) is 6.06. The SMILES string of the molecule is Cn1nc2c(c1-c1cccs1)C[C@@]1(C)[C@@H](CC[C@@H]3[C@@H]1CC[C@]1(C)C(=O)CC[C@@H]31)C2. The van der Waals surface area contributed by atoms with E-state index in [1.807, 2.05) is 11.3 Å². The minimum absolute atomic E-state index is 0.0133. The normalized spacial score (nSPS) is 40.9. The molecule has 0 radical (unpaired) electrons. The van der Waals surface area contributed by atoms with Gasteiger partial charge >= 0.3 is 0 Å². The Labute approximate surface area is 177 Å². The number of fused-ring (bicyclic) bond motifs is 6. The Morgan fingerprint density at radius 2 is 2.03 bits per heavy atom. The zero-order valence-electron chi connectivity index (χ0n) is 17.9. The van der Waals surface area contributed by atoms with E-state index in [4.69, 9.17) is 5.10 Å². The molecule has 154 valence electrons. The van der Waals surface area contributed by atoms with E-state index in [9.17, 15) is 4.79 Å². The number of carbonyl (C=O) groups is 1. The van der Waals surface area contributed by atoms with Crippen molar-refractivity contribution in [3.05, 3.63) is 28.8 Å². The maximum Gasteiger partial charge on any atom is 0.139 e. The van der Waals surface area contributed by atoms with Crippen molar-refractivity contribution in [2.45, 2.75) is 65.2 Å². The highest BCUT2D eigenvalue weighted by Crippen LogP contribution is 2.65. The highest BCUT2D eigenvalue weighted by molar-refractivity contribution is 7.13. The number of ketones is 1. The van der Waals surface area contributed by atoms with Crippen LogP contribution >= 0.6 is 11.3 Å². The summed E-state index contributed by atoms with van der Waals surface area (Å²) in [5, 5.41) is 7.16.